The molecule has 2 nitrogen and oxygen atoms in total. The van der Waals surface area contributed by atoms with Crippen molar-refractivity contribution < 1.29 is 22.3 Å². The monoisotopic (exact) mass is 249 g/mol. The van der Waals surface area contributed by atoms with Gasteiger partial charge in [0.15, 0.2) is 11.6 Å². The minimum Gasteiger partial charge on any atom is -0.403 e. The zero-order valence-corrected chi connectivity index (χ0v) is 8.85. The molecule has 0 aliphatic heterocycles. The molecule has 0 unspecified atom stereocenters. The molecule has 1 aliphatic rings. The second-order valence-corrected chi connectivity index (χ2v) is 4.03. The Morgan fingerprint density at radius 1 is 1.29 bits per heavy atom. The van der Waals surface area contributed by atoms with Crippen molar-refractivity contribution in [2.45, 2.75) is 31.7 Å². The summed E-state index contributed by atoms with van der Waals surface area (Å²) in [6.45, 7) is 0. The number of alkyl halides is 3. The summed E-state index contributed by atoms with van der Waals surface area (Å²) >= 11 is 0. The summed E-state index contributed by atoms with van der Waals surface area (Å²) in [6.07, 6.45) is -2.77. The Kier molecular flexibility index (Phi) is 2.99. The molecule has 94 valence electrons. The maximum absolute atomic E-state index is 13.4. The number of fused-ring (bicyclic) bond motifs is 1. The van der Waals surface area contributed by atoms with Crippen LogP contribution in [0.4, 0.5) is 17.6 Å². The molecule has 6 heteroatoms. The zero-order valence-electron chi connectivity index (χ0n) is 8.85. The van der Waals surface area contributed by atoms with E-state index < -0.39 is 17.9 Å². The second kappa shape index (κ2) is 4.18. The highest BCUT2D eigenvalue weighted by atomic mass is 19.4. The van der Waals surface area contributed by atoms with E-state index >= 15 is 0 Å². The quantitative estimate of drug-likeness (QED) is 0.776. The summed E-state index contributed by atoms with van der Waals surface area (Å²) in [5, 5.41) is 0. The summed E-state index contributed by atoms with van der Waals surface area (Å²) in [6, 6.07) is 1.78. The van der Waals surface area contributed by atoms with Crippen molar-refractivity contribution in [2.24, 2.45) is 5.73 Å². The van der Waals surface area contributed by atoms with Crippen LogP contribution in [0.15, 0.2) is 12.1 Å². The normalized spacial score (nSPS) is 19.9. The van der Waals surface area contributed by atoms with E-state index in [-0.39, 0.29) is 6.04 Å². The molecule has 0 heterocycles. The molecule has 0 radical (unpaired) electrons. The van der Waals surface area contributed by atoms with Crippen LogP contribution in [0.1, 0.15) is 30.0 Å². The van der Waals surface area contributed by atoms with Crippen molar-refractivity contribution >= 4 is 0 Å². The molecule has 2 rings (SSSR count). The van der Waals surface area contributed by atoms with Crippen molar-refractivity contribution in [3.8, 4) is 5.75 Å². The highest BCUT2D eigenvalue weighted by Gasteiger charge is 2.33. The number of nitrogens with two attached hydrogens (primary N) is 1. The van der Waals surface area contributed by atoms with Gasteiger partial charge in [0, 0.05) is 6.04 Å². The summed E-state index contributed by atoms with van der Waals surface area (Å²) in [5.74, 6) is -1.82. The minimum absolute atomic E-state index is 0.352. The van der Waals surface area contributed by atoms with E-state index in [1.165, 1.54) is 0 Å². The lowest BCUT2D eigenvalue weighted by atomic mass is 9.88. The van der Waals surface area contributed by atoms with Crippen molar-refractivity contribution in [1.29, 1.82) is 0 Å². The molecule has 0 amide bonds. The first-order valence-electron chi connectivity index (χ1n) is 5.20. The largest absolute Gasteiger partial charge is 0.573 e. The third kappa shape index (κ3) is 2.69. The number of halogens is 4. The molecule has 17 heavy (non-hydrogen) atoms. The van der Waals surface area contributed by atoms with Gasteiger partial charge >= 0.3 is 6.36 Å². The lowest BCUT2D eigenvalue weighted by Crippen LogP contribution is -2.21. The van der Waals surface area contributed by atoms with Crippen LogP contribution in [0.2, 0.25) is 0 Å². The van der Waals surface area contributed by atoms with E-state index in [1.54, 1.807) is 0 Å². The fraction of sp³-hybridized carbons (Fsp3) is 0.455. The molecular weight excluding hydrogens is 238 g/mol. The highest BCUT2D eigenvalue weighted by molar-refractivity contribution is 5.40. The summed E-state index contributed by atoms with van der Waals surface area (Å²) in [5.41, 5.74) is 6.97. The molecule has 0 spiro atoms. The minimum atomic E-state index is -4.90. The molecule has 1 aromatic carbocycles. The number of rotatable bonds is 1. The molecule has 1 aliphatic carbocycles. The zero-order chi connectivity index (χ0) is 12.6. The third-order valence-electron chi connectivity index (χ3n) is 2.78. The highest BCUT2D eigenvalue weighted by Crippen LogP contribution is 2.34. The van der Waals surface area contributed by atoms with Gasteiger partial charge in [-0.3, -0.25) is 0 Å². The Labute approximate surface area is 95.4 Å². The summed E-state index contributed by atoms with van der Waals surface area (Å²) in [4.78, 5) is 0. The predicted molar refractivity (Wildman–Crippen MR) is 52.9 cm³/mol. The van der Waals surface area contributed by atoms with Crippen molar-refractivity contribution in [3.63, 3.8) is 0 Å². The molecule has 0 saturated carbocycles. The standard InChI is InChI=1S/C11H11F4NO/c12-8-4-6-2-1-3-9(16)7(6)5-10(8)17-11(13,14)15/h4-5,9H,1-3,16H2/t9-/m0/s1. The Bertz CT molecular complexity index is 430. The summed E-state index contributed by atoms with van der Waals surface area (Å²) < 4.78 is 53.1. The topological polar surface area (TPSA) is 35.2 Å². The van der Waals surface area contributed by atoms with E-state index in [4.69, 9.17) is 5.73 Å². The Morgan fingerprint density at radius 3 is 2.65 bits per heavy atom. The van der Waals surface area contributed by atoms with Gasteiger partial charge in [-0.05, 0) is 42.5 Å². The van der Waals surface area contributed by atoms with Crippen LogP contribution in [0, 0.1) is 5.82 Å². The third-order valence-corrected chi connectivity index (χ3v) is 2.78. The average Bonchev–Trinajstić information content (AvgIpc) is 2.18. The number of hydrogen-bond donors (Lipinski definition) is 1. The van der Waals surface area contributed by atoms with Gasteiger partial charge in [0.25, 0.3) is 0 Å². The molecular formula is C11H11F4NO. The maximum Gasteiger partial charge on any atom is 0.573 e. The van der Waals surface area contributed by atoms with Gasteiger partial charge in [-0.15, -0.1) is 13.2 Å². The first-order chi connectivity index (χ1) is 7.87. The van der Waals surface area contributed by atoms with E-state index in [0.717, 1.165) is 18.6 Å². The number of hydrogen-bond acceptors (Lipinski definition) is 2. The molecule has 1 aromatic rings. The lowest BCUT2D eigenvalue weighted by molar-refractivity contribution is -0.275. The molecule has 1 atom stereocenters. The van der Waals surface area contributed by atoms with Gasteiger partial charge in [0.1, 0.15) is 0 Å². The van der Waals surface area contributed by atoms with Crippen LogP contribution in [0.25, 0.3) is 0 Å². The molecule has 0 fully saturated rings. The molecule has 0 saturated heterocycles. The van der Waals surface area contributed by atoms with Gasteiger partial charge in [-0.1, -0.05) is 0 Å². The fourth-order valence-corrected chi connectivity index (χ4v) is 2.04. The predicted octanol–water partition coefficient (Wildman–Crippen LogP) is 3.06. The van der Waals surface area contributed by atoms with Gasteiger partial charge in [0.05, 0.1) is 0 Å². The molecule has 2 N–H and O–H groups in total. The van der Waals surface area contributed by atoms with Gasteiger partial charge < -0.3 is 10.5 Å². The van der Waals surface area contributed by atoms with Crippen molar-refractivity contribution in [1.82, 2.24) is 0 Å². The molecule has 0 aromatic heterocycles. The first kappa shape index (κ1) is 12.2. The van der Waals surface area contributed by atoms with E-state index in [9.17, 15) is 17.6 Å². The van der Waals surface area contributed by atoms with Crippen molar-refractivity contribution in [2.75, 3.05) is 0 Å². The van der Waals surface area contributed by atoms with Crippen LogP contribution in [0.5, 0.6) is 5.75 Å². The van der Waals surface area contributed by atoms with Crippen LogP contribution in [0.3, 0.4) is 0 Å². The van der Waals surface area contributed by atoms with E-state index in [0.29, 0.717) is 24.0 Å². The summed E-state index contributed by atoms with van der Waals surface area (Å²) in [7, 11) is 0. The number of aryl methyl sites for hydroxylation is 1. The van der Waals surface area contributed by atoms with Gasteiger partial charge in [-0.25, -0.2) is 4.39 Å². The Balaban J connectivity index is 2.38. The smallest absolute Gasteiger partial charge is 0.403 e. The average molecular weight is 249 g/mol. The second-order valence-electron chi connectivity index (χ2n) is 4.03. The van der Waals surface area contributed by atoms with Crippen LogP contribution in [-0.4, -0.2) is 6.36 Å². The number of benzene rings is 1. The van der Waals surface area contributed by atoms with Gasteiger partial charge in [-0.2, -0.15) is 0 Å². The van der Waals surface area contributed by atoms with Gasteiger partial charge in [0.2, 0.25) is 0 Å². The maximum atomic E-state index is 13.4. The Hall–Kier alpha value is -1.30. The van der Waals surface area contributed by atoms with Crippen LogP contribution in [-0.2, 0) is 6.42 Å². The SMILES string of the molecule is N[C@H]1CCCc2cc(F)c(OC(F)(F)F)cc21. The Morgan fingerprint density at radius 2 is 2.00 bits per heavy atom. The van der Waals surface area contributed by atoms with E-state index in [2.05, 4.69) is 4.74 Å². The lowest BCUT2D eigenvalue weighted by Gasteiger charge is -2.23. The van der Waals surface area contributed by atoms with E-state index in [1.807, 2.05) is 0 Å². The first-order valence-corrected chi connectivity index (χ1v) is 5.20. The van der Waals surface area contributed by atoms with Crippen molar-refractivity contribution in [3.05, 3.63) is 29.1 Å². The van der Waals surface area contributed by atoms with Crippen LogP contribution < -0.4 is 10.5 Å². The molecule has 0 bridgehead atoms. The number of ether oxygens (including phenoxy) is 1. The fourth-order valence-electron chi connectivity index (χ4n) is 2.04. The van der Waals surface area contributed by atoms with Crippen LogP contribution >= 0.6 is 0 Å².